The Bertz CT molecular complexity index is 387. The number of aliphatic hydroxyl groups is 2. The second kappa shape index (κ2) is 4.38. The van der Waals surface area contributed by atoms with Gasteiger partial charge in [0, 0.05) is 5.56 Å². The van der Waals surface area contributed by atoms with Crippen molar-refractivity contribution in [2.75, 3.05) is 0 Å². The molecule has 0 aliphatic rings. The Morgan fingerprint density at radius 1 is 1.50 bits per heavy atom. The van der Waals surface area contributed by atoms with Gasteiger partial charge in [0.15, 0.2) is 0 Å². The normalized spacial score (nSPS) is 14.0. The van der Waals surface area contributed by atoms with Crippen molar-refractivity contribution in [2.24, 2.45) is 0 Å². The van der Waals surface area contributed by atoms with E-state index in [2.05, 4.69) is 10.2 Å². The number of rotatable bonds is 3. The van der Waals surface area contributed by atoms with Crippen LogP contribution in [0.15, 0.2) is 6.20 Å². The first-order chi connectivity index (χ1) is 6.70. The number of hydrogen-bond donors (Lipinski definition) is 3. The first-order valence-electron chi connectivity index (χ1n) is 3.87. The van der Waals surface area contributed by atoms with Crippen molar-refractivity contribution in [2.45, 2.75) is 18.6 Å². The Hall–Kier alpha value is -1.89. The van der Waals surface area contributed by atoms with Gasteiger partial charge in [0.2, 0.25) is 0 Å². The van der Waals surface area contributed by atoms with Crippen LogP contribution in [-0.2, 0) is 0 Å². The molecule has 1 aromatic heterocycles. The number of aliphatic hydroxyl groups excluding tert-OH is 2. The van der Waals surface area contributed by atoms with Crippen LogP contribution in [0.25, 0.3) is 0 Å². The lowest BCUT2D eigenvalue weighted by atomic mass is 10.0. The molecule has 0 aromatic carbocycles. The van der Waals surface area contributed by atoms with Crippen molar-refractivity contribution in [3.05, 3.63) is 17.5 Å². The fourth-order valence-electron chi connectivity index (χ4n) is 1.02. The topological polar surface area (TPSA) is 117 Å². The lowest BCUT2D eigenvalue weighted by Gasteiger charge is -2.13. The summed E-state index contributed by atoms with van der Waals surface area (Å²) in [6.07, 6.45) is -1.41. The molecular formula is C8H8N4O2. The molecule has 14 heavy (non-hydrogen) atoms. The van der Waals surface area contributed by atoms with E-state index in [1.54, 1.807) is 12.1 Å². The molecule has 2 atom stereocenters. The van der Waals surface area contributed by atoms with E-state index in [9.17, 15) is 10.2 Å². The van der Waals surface area contributed by atoms with Crippen molar-refractivity contribution in [3.8, 4) is 12.1 Å². The van der Waals surface area contributed by atoms with Gasteiger partial charge in [0.25, 0.3) is 0 Å². The van der Waals surface area contributed by atoms with Crippen LogP contribution in [0.2, 0.25) is 0 Å². The molecular weight excluding hydrogens is 184 g/mol. The third-order valence-electron chi connectivity index (χ3n) is 1.76. The largest absolute Gasteiger partial charge is 0.389 e. The highest BCUT2D eigenvalue weighted by Gasteiger charge is 2.22. The summed E-state index contributed by atoms with van der Waals surface area (Å²) in [4.78, 5) is 0. The molecule has 0 saturated carbocycles. The maximum atomic E-state index is 9.51. The Labute approximate surface area is 80.0 Å². The molecule has 0 radical (unpaired) electrons. The van der Waals surface area contributed by atoms with Crippen LogP contribution in [0.3, 0.4) is 0 Å². The molecule has 0 amide bonds. The molecule has 72 valence electrons. The summed E-state index contributed by atoms with van der Waals surface area (Å²) in [5.74, 6) is 0. The Morgan fingerprint density at radius 3 is 2.79 bits per heavy atom. The van der Waals surface area contributed by atoms with Gasteiger partial charge in [-0.1, -0.05) is 0 Å². The zero-order valence-electron chi connectivity index (χ0n) is 7.18. The van der Waals surface area contributed by atoms with Crippen molar-refractivity contribution in [1.82, 2.24) is 10.2 Å². The summed E-state index contributed by atoms with van der Waals surface area (Å²) < 4.78 is 0. The van der Waals surface area contributed by atoms with E-state index < -0.39 is 12.2 Å². The van der Waals surface area contributed by atoms with Crippen molar-refractivity contribution < 1.29 is 10.2 Å². The summed E-state index contributed by atoms with van der Waals surface area (Å²) in [5.41, 5.74) is 0.296. The monoisotopic (exact) mass is 192 g/mol. The zero-order chi connectivity index (χ0) is 10.6. The molecule has 1 rings (SSSR count). The number of nitrogens with zero attached hydrogens (tertiary/aromatic N) is 3. The quantitative estimate of drug-likeness (QED) is 0.601. The fourth-order valence-corrected chi connectivity index (χ4v) is 1.02. The Kier molecular flexibility index (Phi) is 3.19. The van der Waals surface area contributed by atoms with Gasteiger partial charge in [0.05, 0.1) is 24.8 Å². The summed E-state index contributed by atoms with van der Waals surface area (Å²) in [7, 11) is 0. The Morgan fingerprint density at radius 2 is 2.21 bits per heavy atom. The number of aromatic nitrogens is 2. The second-order valence-corrected chi connectivity index (χ2v) is 2.69. The van der Waals surface area contributed by atoms with Crippen LogP contribution >= 0.6 is 0 Å². The van der Waals surface area contributed by atoms with E-state index >= 15 is 0 Å². The smallest absolute Gasteiger partial charge is 0.141 e. The van der Waals surface area contributed by atoms with Gasteiger partial charge in [-0.15, -0.1) is 0 Å². The molecule has 0 aliphatic carbocycles. The molecule has 6 heteroatoms. The van der Waals surface area contributed by atoms with Gasteiger partial charge in [-0.05, 0) is 0 Å². The SMILES string of the molecule is N#CCC(O)C(O)c1cn[nH]c1C#N. The number of hydrogen-bond acceptors (Lipinski definition) is 5. The number of aromatic amines is 1. The van der Waals surface area contributed by atoms with Gasteiger partial charge in [-0.3, -0.25) is 5.10 Å². The van der Waals surface area contributed by atoms with Gasteiger partial charge in [-0.25, -0.2) is 0 Å². The third-order valence-corrected chi connectivity index (χ3v) is 1.76. The molecule has 1 aromatic rings. The molecule has 3 N–H and O–H groups in total. The highest BCUT2D eigenvalue weighted by molar-refractivity contribution is 5.31. The first-order valence-corrected chi connectivity index (χ1v) is 3.87. The zero-order valence-corrected chi connectivity index (χ0v) is 7.18. The summed E-state index contributed by atoms with van der Waals surface area (Å²) in [5, 5.41) is 41.6. The van der Waals surface area contributed by atoms with Crippen LogP contribution in [-0.4, -0.2) is 26.5 Å². The van der Waals surface area contributed by atoms with Crippen molar-refractivity contribution in [1.29, 1.82) is 10.5 Å². The van der Waals surface area contributed by atoms with Crippen LogP contribution in [0.5, 0.6) is 0 Å². The minimum atomic E-state index is -1.26. The van der Waals surface area contributed by atoms with Crippen molar-refractivity contribution >= 4 is 0 Å². The molecule has 0 saturated heterocycles. The highest BCUT2D eigenvalue weighted by atomic mass is 16.3. The predicted octanol–water partition coefficient (Wildman–Crippen LogP) is -0.411. The van der Waals surface area contributed by atoms with Gasteiger partial charge in [-0.2, -0.15) is 15.6 Å². The molecule has 0 spiro atoms. The average Bonchev–Trinajstić information content (AvgIpc) is 2.64. The van der Waals surface area contributed by atoms with Crippen LogP contribution < -0.4 is 0 Å². The van der Waals surface area contributed by atoms with Crippen LogP contribution in [0, 0.1) is 22.7 Å². The maximum Gasteiger partial charge on any atom is 0.141 e. The van der Waals surface area contributed by atoms with E-state index in [4.69, 9.17) is 10.5 Å². The summed E-state index contributed by atoms with van der Waals surface area (Å²) in [6, 6.07) is 3.51. The summed E-state index contributed by atoms with van der Waals surface area (Å²) in [6.45, 7) is 0. The van der Waals surface area contributed by atoms with E-state index in [-0.39, 0.29) is 17.7 Å². The minimum Gasteiger partial charge on any atom is -0.389 e. The highest BCUT2D eigenvalue weighted by Crippen LogP contribution is 2.20. The fraction of sp³-hybridized carbons (Fsp3) is 0.375. The van der Waals surface area contributed by atoms with Gasteiger partial charge >= 0.3 is 0 Å². The van der Waals surface area contributed by atoms with Gasteiger partial charge in [0.1, 0.15) is 17.9 Å². The van der Waals surface area contributed by atoms with E-state index in [0.717, 1.165) is 0 Å². The van der Waals surface area contributed by atoms with Crippen molar-refractivity contribution in [3.63, 3.8) is 0 Å². The van der Waals surface area contributed by atoms with E-state index in [1.165, 1.54) is 6.20 Å². The summed E-state index contributed by atoms with van der Waals surface area (Å²) >= 11 is 0. The van der Waals surface area contributed by atoms with Gasteiger partial charge < -0.3 is 10.2 Å². The molecule has 0 aliphatic heterocycles. The first kappa shape index (κ1) is 10.2. The molecule has 2 unspecified atom stereocenters. The third kappa shape index (κ3) is 1.88. The average molecular weight is 192 g/mol. The molecule has 0 bridgehead atoms. The molecule has 1 heterocycles. The number of nitrogens with one attached hydrogen (secondary N) is 1. The number of H-pyrrole nitrogens is 1. The Balaban J connectivity index is 2.85. The van der Waals surface area contributed by atoms with Crippen LogP contribution in [0.1, 0.15) is 23.8 Å². The van der Waals surface area contributed by atoms with E-state index in [1.807, 2.05) is 0 Å². The molecule has 0 fully saturated rings. The lowest BCUT2D eigenvalue weighted by molar-refractivity contribution is 0.0215. The number of nitriles is 2. The maximum absolute atomic E-state index is 9.51. The standard InChI is InChI=1S/C8H8N4O2/c9-2-1-7(13)8(14)5-4-11-12-6(5)3-10/h4,7-8,13-14H,1H2,(H,11,12). The molecule has 6 nitrogen and oxygen atoms in total. The van der Waals surface area contributed by atoms with Crippen LogP contribution in [0.4, 0.5) is 0 Å². The predicted molar refractivity (Wildman–Crippen MR) is 44.5 cm³/mol. The lowest BCUT2D eigenvalue weighted by Crippen LogP contribution is -2.17. The van der Waals surface area contributed by atoms with E-state index in [0.29, 0.717) is 0 Å². The second-order valence-electron chi connectivity index (χ2n) is 2.69. The minimum absolute atomic E-state index is 0.0921.